The van der Waals surface area contributed by atoms with Gasteiger partial charge in [0.05, 0.1) is 5.69 Å². The highest BCUT2D eigenvalue weighted by molar-refractivity contribution is 6.01. The van der Waals surface area contributed by atoms with Gasteiger partial charge < -0.3 is 15.2 Å². The van der Waals surface area contributed by atoms with Crippen LogP contribution in [0.25, 0.3) is 0 Å². The maximum absolute atomic E-state index is 12.3. The summed E-state index contributed by atoms with van der Waals surface area (Å²) in [5.74, 6) is -0.174. The number of hydrogen-bond donors (Lipinski definition) is 2. The molecule has 1 atom stereocenters. The second kappa shape index (κ2) is 10.3. The lowest BCUT2D eigenvalue weighted by molar-refractivity contribution is -0.274. The Morgan fingerprint density at radius 3 is 2.46 bits per heavy atom. The summed E-state index contributed by atoms with van der Waals surface area (Å²) in [6.45, 7) is 0. The van der Waals surface area contributed by atoms with Gasteiger partial charge in [0, 0.05) is 11.3 Å². The number of hydrogen-bond acceptors (Lipinski definition) is 4. The van der Waals surface area contributed by atoms with Crippen molar-refractivity contribution in [3.63, 3.8) is 0 Å². The zero-order valence-electron chi connectivity index (χ0n) is 18.3. The van der Waals surface area contributed by atoms with E-state index in [1.54, 1.807) is 24.3 Å². The predicted molar refractivity (Wildman–Crippen MR) is 126 cm³/mol. The van der Waals surface area contributed by atoms with E-state index in [2.05, 4.69) is 20.0 Å². The number of aryl methyl sites for hydroxylation is 1. The fourth-order valence-electron chi connectivity index (χ4n) is 3.61. The number of ether oxygens (including phenoxy) is 2. The molecule has 0 saturated carbocycles. The number of nitrogens with zero attached hydrogens (tertiary/aromatic N) is 2. The highest BCUT2D eigenvalue weighted by Gasteiger charge is 2.31. The van der Waals surface area contributed by atoms with Crippen molar-refractivity contribution in [1.29, 1.82) is 0 Å². The molecule has 0 fully saturated rings. The van der Waals surface area contributed by atoms with Gasteiger partial charge in [0.25, 0.3) is 0 Å². The Balaban J connectivity index is 1.30. The lowest BCUT2D eigenvalue weighted by atomic mass is 10.1. The van der Waals surface area contributed by atoms with E-state index >= 15 is 0 Å². The number of carbonyl (C=O) groups excluding carboxylic acids is 1. The number of rotatable bonds is 6. The summed E-state index contributed by atoms with van der Waals surface area (Å²) in [5, 5.41) is 2.70. The molecule has 7 nitrogen and oxygen atoms in total. The Morgan fingerprint density at radius 1 is 1.03 bits per heavy atom. The standard InChI is InChI=1S/C25H21F3N4O3/c26-25(27,28)35-20-12-10-18(11-13-20)30-15-31-23(29)17-5-8-19(9-6-17)32-24(33)34-22-14-7-16-3-1-2-4-21(16)22/h1-6,8-13,15,22H,7,14H2,(H,32,33)(H2,29,30,31). The van der Waals surface area contributed by atoms with Crippen molar-refractivity contribution >= 4 is 29.6 Å². The van der Waals surface area contributed by atoms with Gasteiger partial charge in [-0.05, 0) is 72.5 Å². The van der Waals surface area contributed by atoms with E-state index in [-0.39, 0.29) is 17.7 Å². The number of amidine groups is 1. The zero-order chi connectivity index (χ0) is 24.8. The van der Waals surface area contributed by atoms with Gasteiger partial charge in [-0.3, -0.25) is 5.32 Å². The zero-order valence-corrected chi connectivity index (χ0v) is 18.3. The summed E-state index contributed by atoms with van der Waals surface area (Å²) in [7, 11) is 0. The third kappa shape index (κ3) is 6.59. The Labute approximate surface area is 199 Å². The Bertz CT molecular complexity index is 1240. The van der Waals surface area contributed by atoms with E-state index in [0.29, 0.717) is 16.9 Å². The molecular formula is C25H21F3N4O3. The first kappa shape index (κ1) is 23.8. The quantitative estimate of drug-likeness (QED) is 0.338. The first-order chi connectivity index (χ1) is 16.8. The number of anilines is 1. The fourth-order valence-corrected chi connectivity index (χ4v) is 3.61. The van der Waals surface area contributed by atoms with Crippen LogP contribution in [0.3, 0.4) is 0 Å². The number of halogens is 3. The van der Waals surface area contributed by atoms with E-state index in [4.69, 9.17) is 10.5 Å². The van der Waals surface area contributed by atoms with Gasteiger partial charge in [-0.2, -0.15) is 0 Å². The van der Waals surface area contributed by atoms with Crippen molar-refractivity contribution in [3.05, 3.63) is 89.5 Å². The van der Waals surface area contributed by atoms with Crippen LogP contribution in [-0.4, -0.2) is 24.6 Å². The molecule has 1 aliphatic rings. The third-order valence-corrected chi connectivity index (χ3v) is 5.23. The molecule has 0 radical (unpaired) electrons. The van der Waals surface area contributed by atoms with Crippen LogP contribution < -0.4 is 15.8 Å². The highest BCUT2D eigenvalue weighted by Crippen LogP contribution is 2.34. The largest absolute Gasteiger partial charge is 0.573 e. The average molecular weight is 482 g/mol. The van der Waals surface area contributed by atoms with Gasteiger partial charge >= 0.3 is 12.5 Å². The fraction of sp³-hybridized carbons (Fsp3) is 0.160. The molecule has 0 heterocycles. The van der Waals surface area contributed by atoms with E-state index in [1.165, 1.54) is 24.0 Å². The normalized spacial score (nSPS) is 15.6. The van der Waals surface area contributed by atoms with Crippen molar-refractivity contribution < 1.29 is 27.4 Å². The number of benzene rings is 3. The Kier molecular flexibility index (Phi) is 7.00. The van der Waals surface area contributed by atoms with E-state index in [1.807, 2.05) is 24.3 Å². The molecule has 4 rings (SSSR count). The van der Waals surface area contributed by atoms with Crippen LogP contribution in [-0.2, 0) is 11.2 Å². The lowest BCUT2D eigenvalue weighted by Gasteiger charge is -2.14. The lowest BCUT2D eigenvalue weighted by Crippen LogP contribution is -2.17. The van der Waals surface area contributed by atoms with E-state index in [0.717, 1.165) is 30.5 Å². The van der Waals surface area contributed by atoms with Crippen LogP contribution in [0.4, 0.5) is 29.3 Å². The van der Waals surface area contributed by atoms with Crippen LogP contribution in [0.15, 0.2) is 82.8 Å². The maximum atomic E-state index is 12.3. The molecule has 1 unspecified atom stereocenters. The van der Waals surface area contributed by atoms with Crippen LogP contribution in [0.5, 0.6) is 5.75 Å². The van der Waals surface area contributed by atoms with E-state index in [9.17, 15) is 18.0 Å². The van der Waals surface area contributed by atoms with Gasteiger partial charge in [-0.25, -0.2) is 14.8 Å². The number of aliphatic imine (C=N–C) groups is 2. The summed E-state index contributed by atoms with van der Waals surface area (Å²) in [5.41, 5.74) is 9.69. The molecule has 3 aromatic carbocycles. The predicted octanol–water partition coefficient (Wildman–Crippen LogP) is 5.89. The molecule has 1 aliphatic carbocycles. The van der Waals surface area contributed by atoms with Gasteiger partial charge in [0.2, 0.25) is 0 Å². The molecule has 0 spiro atoms. The molecular weight excluding hydrogens is 461 g/mol. The molecule has 3 N–H and O–H groups in total. The van der Waals surface area contributed by atoms with Crippen molar-refractivity contribution in [1.82, 2.24) is 0 Å². The van der Waals surface area contributed by atoms with Crippen molar-refractivity contribution in [2.75, 3.05) is 5.32 Å². The number of amides is 1. The SMILES string of the molecule is NC(=NC=Nc1ccc(OC(F)(F)F)cc1)c1ccc(NC(=O)OC2CCc3ccccc32)cc1. The van der Waals surface area contributed by atoms with Crippen molar-refractivity contribution in [3.8, 4) is 5.75 Å². The van der Waals surface area contributed by atoms with Crippen molar-refractivity contribution in [2.24, 2.45) is 15.7 Å². The Morgan fingerprint density at radius 2 is 1.74 bits per heavy atom. The molecule has 180 valence electrons. The maximum Gasteiger partial charge on any atom is 0.573 e. The number of nitrogens with two attached hydrogens (primary N) is 1. The number of alkyl halides is 3. The first-order valence-electron chi connectivity index (χ1n) is 10.6. The van der Waals surface area contributed by atoms with Crippen molar-refractivity contribution in [2.45, 2.75) is 25.3 Å². The van der Waals surface area contributed by atoms with Crippen LogP contribution in [0.1, 0.15) is 29.2 Å². The molecule has 3 aromatic rings. The van der Waals surface area contributed by atoms with E-state index < -0.39 is 12.5 Å². The van der Waals surface area contributed by atoms with Gasteiger partial charge in [-0.15, -0.1) is 13.2 Å². The van der Waals surface area contributed by atoms with Crippen LogP contribution in [0.2, 0.25) is 0 Å². The monoisotopic (exact) mass is 482 g/mol. The average Bonchev–Trinajstić information content (AvgIpc) is 3.22. The van der Waals surface area contributed by atoms with Crippen LogP contribution in [0, 0.1) is 0 Å². The second-order valence-corrected chi connectivity index (χ2v) is 7.63. The molecule has 1 amide bonds. The molecule has 0 bridgehead atoms. The second-order valence-electron chi connectivity index (χ2n) is 7.63. The number of nitrogens with one attached hydrogen (secondary N) is 1. The Hall–Kier alpha value is -4.34. The minimum absolute atomic E-state index is 0.169. The summed E-state index contributed by atoms with van der Waals surface area (Å²) >= 11 is 0. The third-order valence-electron chi connectivity index (χ3n) is 5.23. The highest BCUT2D eigenvalue weighted by atomic mass is 19.4. The topological polar surface area (TPSA) is 98.3 Å². The molecule has 10 heteroatoms. The first-order valence-corrected chi connectivity index (χ1v) is 10.6. The molecule has 0 aliphatic heterocycles. The van der Waals surface area contributed by atoms with Gasteiger partial charge in [-0.1, -0.05) is 24.3 Å². The minimum Gasteiger partial charge on any atom is -0.441 e. The summed E-state index contributed by atoms with van der Waals surface area (Å²) in [6.07, 6.45) is -2.73. The minimum atomic E-state index is -4.75. The number of fused-ring (bicyclic) bond motifs is 1. The molecule has 0 aromatic heterocycles. The van der Waals surface area contributed by atoms with Crippen LogP contribution >= 0.6 is 0 Å². The summed E-state index contributed by atoms with van der Waals surface area (Å²) in [4.78, 5) is 20.4. The smallest absolute Gasteiger partial charge is 0.441 e. The summed E-state index contributed by atoms with van der Waals surface area (Å²) < 4.78 is 46.0. The number of carbonyl (C=O) groups is 1. The molecule has 0 saturated heterocycles. The van der Waals surface area contributed by atoms with Gasteiger partial charge in [0.15, 0.2) is 0 Å². The van der Waals surface area contributed by atoms with Gasteiger partial charge in [0.1, 0.15) is 24.0 Å². The molecule has 35 heavy (non-hydrogen) atoms. The summed E-state index contributed by atoms with van der Waals surface area (Å²) in [6, 6.07) is 19.6.